The van der Waals surface area contributed by atoms with Crippen molar-refractivity contribution in [1.82, 2.24) is 24.8 Å². The van der Waals surface area contributed by atoms with Crippen LogP contribution in [0, 0.1) is 13.8 Å². The summed E-state index contributed by atoms with van der Waals surface area (Å²) >= 11 is 0. The van der Waals surface area contributed by atoms with Gasteiger partial charge in [-0.05, 0) is 77.4 Å². The number of fused-ring (bicyclic) bond motifs is 1. The third kappa shape index (κ3) is 7.07. The molecule has 9 nitrogen and oxygen atoms in total. The van der Waals surface area contributed by atoms with Crippen molar-refractivity contribution in [2.75, 3.05) is 29.9 Å². The van der Waals surface area contributed by atoms with Crippen LogP contribution >= 0.6 is 0 Å². The van der Waals surface area contributed by atoms with Crippen LogP contribution < -0.4 is 10.0 Å². The van der Waals surface area contributed by atoms with Gasteiger partial charge in [-0.2, -0.15) is 13.2 Å². The lowest BCUT2D eigenvalue weighted by Crippen LogP contribution is -2.36. The van der Waals surface area contributed by atoms with E-state index in [4.69, 9.17) is 4.98 Å². The van der Waals surface area contributed by atoms with Gasteiger partial charge < -0.3 is 10.2 Å². The number of hydrogen-bond acceptors (Lipinski definition) is 8. The SMILES string of the molecule is Cc1nc(NS(=O)(=O)CCC(F)(F)F)ccc1-c1cc(C)c2nc(NC3CCC(N(C)C)CC3)ncc2n1. The zero-order valence-electron chi connectivity index (χ0n) is 21.8. The molecular weight excluding hydrogens is 519 g/mol. The quantitative estimate of drug-likeness (QED) is 0.415. The highest BCUT2D eigenvalue weighted by Gasteiger charge is 2.30. The Morgan fingerprint density at radius 3 is 2.39 bits per heavy atom. The van der Waals surface area contributed by atoms with Gasteiger partial charge in [0.05, 0.1) is 29.6 Å². The van der Waals surface area contributed by atoms with Gasteiger partial charge in [0.2, 0.25) is 16.0 Å². The molecule has 2 N–H and O–H groups in total. The Balaban J connectivity index is 1.49. The Morgan fingerprint density at radius 2 is 1.76 bits per heavy atom. The molecule has 0 saturated heterocycles. The van der Waals surface area contributed by atoms with Crippen molar-refractivity contribution in [3.8, 4) is 11.3 Å². The molecule has 0 spiro atoms. The smallest absolute Gasteiger partial charge is 0.351 e. The van der Waals surface area contributed by atoms with Crippen molar-refractivity contribution in [2.24, 2.45) is 0 Å². The Hall–Kier alpha value is -3.06. The molecule has 13 heteroatoms. The van der Waals surface area contributed by atoms with E-state index in [0.29, 0.717) is 40.5 Å². The van der Waals surface area contributed by atoms with Crippen molar-refractivity contribution in [3.63, 3.8) is 0 Å². The first kappa shape index (κ1) is 28.0. The van der Waals surface area contributed by atoms with Crippen LogP contribution in [0.3, 0.4) is 0 Å². The minimum Gasteiger partial charge on any atom is -0.351 e. The number of hydrogen-bond donors (Lipinski definition) is 2. The van der Waals surface area contributed by atoms with Crippen LogP contribution in [0.15, 0.2) is 24.4 Å². The van der Waals surface area contributed by atoms with Crippen LogP contribution in [0.25, 0.3) is 22.3 Å². The summed E-state index contributed by atoms with van der Waals surface area (Å²) in [7, 11) is 0.0402. The van der Waals surface area contributed by atoms with E-state index in [0.717, 1.165) is 36.8 Å². The predicted octanol–water partition coefficient (Wildman–Crippen LogP) is 4.68. The molecule has 0 aromatic carbocycles. The van der Waals surface area contributed by atoms with Crippen LogP contribution in [0.2, 0.25) is 0 Å². The van der Waals surface area contributed by atoms with Crippen LogP contribution in [-0.2, 0) is 10.0 Å². The molecule has 0 bridgehead atoms. The van der Waals surface area contributed by atoms with Gasteiger partial charge >= 0.3 is 6.18 Å². The number of nitrogens with one attached hydrogen (secondary N) is 2. The second kappa shape index (κ2) is 11.0. The highest BCUT2D eigenvalue weighted by Crippen LogP contribution is 2.28. The summed E-state index contributed by atoms with van der Waals surface area (Å²) in [6.07, 6.45) is 0.0533. The van der Waals surface area contributed by atoms with Gasteiger partial charge in [-0.25, -0.2) is 28.4 Å². The molecule has 3 aromatic rings. The summed E-state index contributed by atoms with van der Waals surface area (Å²) in [6, 6.07) is 5.85. The third-order valence-corrected chi connectivity index (χ3v) is 8.04. The van der Waals surface area contributed by atoms with Gasteiger partial charge in [0.1, 0.15) is 11.3 Å². The van der Waals surface area contributed by atoms with Crippen LogP contribution in [0.5, 0.6) is 0 Å². The molecule has 1 aliphatic carbocycles. The average molecular weight is 552 g/mol. The fourth-order valence-corrected chi connectivity index (χ4v) is 5.69. The molecule has 38 heavy (non-hydrogen) atoms. The number of aryl methyl sites for hydroxylation is 2. The van der Waals surface area contributed by atoms with Crippen LogP contribution in [0.1, 0.15) is 43.4 Å². The van der Waals surface area contributed by atoms with Gasteiger partial charge in [0.25, 0.3) is 0 Å². The normalized spacial score (nSPS) is 18.6. The Morgan fingerprint density at radius 1 is 1.05 bits per heavy atom. The van der Waals surface area contributed by atoms with E-state index in [9.17, 15) is 21.6 Å². The predicted molar refractivity (Wildman–Crippen MR) is 141 cm³/mol. The lowest BCUT2D eigenvalue weighted by atomic mass is 9.91. The Bertz CT molecular complexity index is 1410. The van der Waals surface area contributed by atoms with Crippen molar-refractivity contribution >= 4 is 32.8 Å². The summed E-state index contributed by atoms with van der Waals surface area (Å²) < 4.78 is 63.4. The van der Waals surface area contributed by atoms with Crippen molar-refractivity contribution in [3.05, 3.63) is 35.7 Å². The second-order valence-electron chi connectivity index (χ2n) is 9.98. The van der Waals surface area contributed by atoms with Crippen molar-refractivity contribution in [1.29, 1.82) is 0 Å². The van der Waals surface area contributed by atoms with E-state index in [1.165, 1.54) is 6.07 Å². The minimum atomic E-state index is -4.56. The van der Waals surface area contributed by atoms with E-state index in [1.807, 2.05) is 13.0 Å². The molecule has 0 amide bonds. The van der Waals surface area contributed by atoms with Crippen LogP contribution in [0.4, 0.5) is 24.9 Å². The lowest BCUT2D eigenvalue weighted by molar-refractivity contribution is -0.129. The molecular formula is C25H32F3N7O2S. The summed E-state index contributed by atoms with van der Waals surface area (Å²) in [4.78, 5) is 20.4. The standard InChI is InChI=1S/C25H32F3N7O2S/c1-15-13-20(19-9-10-22(30-16(19)2)34-38(36,37)12-11-25(26,27)28)32-21-14-29-24(33-23(15)21)31-17-5-7-18(8-6-17)35(3)4/h9-10,13-14,17-18H,5-8,11-12H2,1-4H3,(H,30,34)(H,29,31,33). The number of alkyl halides is 3. The number of sulfonamides is 1. The van der Waals surface area contributed by atoms with Crippen LogP contribution in [-0.4, -0.2) is 71.4 Å². The van der Waals surface area contributed by atoms with E-state index >= 15 is 0 Å². The minimum absolute atomic E-state index is 0.0513. The Kier molecular flexibility index (Phi) is 8.07. The van der Waals surface area contributed by atoms with E-state index < -0.39 is 28.4 Å². The van der Waals surface area contributed by atoms with Crippen molar-refractivity contribution < 1.29 is 21.6 Å². The van der Waals surface area contributed by atoms with Gasteiger partial charge in [0, 0.05) is 23.3 Å². The molecule has 1 saturated carbocycles. The first-order chi connectivity index (χ1) is 17.8. The molecule has 0 unspecified atom stereocenters. The van der Waals surface area contributed by atoms with E-state index in [1.54, 1.807) is 19.2 Å². The number of nitrogens with zero attached hydrogens (tertiary/aromatic N) is 5. The average Bonchev–Trinajstić information content (AvgIpc) is 2.83. The number of rotatable bonds is 8. The molecule has 206 valence electrons. The summed E-state index contributed by atoms with van der Waals surface area (Å²) in [5.74, 6) is -0.549. The van der Waals surface area contributed by atoms with Crippen molar-refractivity contribution in [2.45, 2.75) is 64.2 Å². The monoisotopic (exact) mass is 551 g/mol. The first-order valence-corrected chi connectivity index (χ1v) is 14.1. The zero-order chi connectivity index (χ0) is 27.7. The Labute approximate surface area is 220 Å². The van der Waals surface area contributed by atoms with Gasteiger partial charge in [-0.15, -0.1) is 0 Å². The van der Waals surface area contributed by atoms with E-state index in [2.05, 4.69) is 44.0 Å². The number of halogens is 3. The topological polar surface area (TPSA) is 113 Å². The fourth-order valence-electron chi connectivity index (χ4n) is 4.66. The maximum Gasteiger partial charge on any atom is 0.390 e. The molecule has 1 fully saturated rings. The summed E-state index contributed by atoms with van der Waals surface area (Å²) in [5, 5.41) is 3.46. The maximum atomic E-state index is 12.4. The van der Waals surface area contributed by atoms with Gasteiger partial charge in [-0.1, -0.05) is 0 Å². The number of aromatic nitrogens is 4. The molecule has 3 aromatic heterocycles. The molecule has 0 atom stereocenters. The fraction of sp³-hybridized carbons (Fsp3) is 0.520. The molecule has 0 aliphatic heterocycles. The maximum absolute atomic E-state index is 12.4. The second-order valence-corrected chi connectivity index (χ2v) is 11.8. The number of pyridine rings is 2. The summed E-state index contributed by atoms with van der Waals surface area (Å²) in [5.41, 5.74) is 3.97. The lowest BCUT2D eigenvalue weighted by Gasteiger charge is -2.32. The number of anilines is 2. The summed E-state index contributed by atoms with van der Waals surface area (Å²) in [6.45, 7) is 3.61. The van der Waals surface area contributed by atoms with Gasteiger partial charge in [-0.3, -0.25) is 4.72 Å². The van der Waals surface area contributed by atoms with Gasteiger partial charge in [0.15, 0.2) is 0 Å². The molecule has 0 radical (unpaired) electrons. The molecule has 1 aliphatic rings. The highest BCUT2D eigenvalue weighted by molar-refractivity contribution is 7.92. The highest BCUT2D eigenvalue weighted by atomic mass is 32.2. The van der Waals surface area contributed by atoms with E-state index in [-0.39, 0.29) is 5.82 Å². The first-order valence-electron chi connectivity index (χ1n) is 12.4. The largest absolute Gasteiger partial charge is 0.390 e. The third-order valence-electron chi connectivity index (χ3n) is 6.77. The molecule has 3 heterocycles. The molecule has 4 rings (SSSR count). The zero-order valence-corrected chi connectivity index (χ0v) is 22.6.